The molecule has 3 rings (SSSR count). The highest BCUT2D eigenvalue weighted by molar-refractivity contribution is 5.81. The SMILES string of the molecule is COc1ccc(C2C(F)=CN=CN2c2cc(C(F)(F)F)ccn2)cc1OC. The highest BCUT2D eigenvalue weighted by Gasteiger charge is 2.33. The Balaban J connectivity index is 2.06. The van der Waals surface area contributed by atoms with E-state index in [4.69, 9.17) is 9.47 Å². The molecule has 1 aromatic heterocycles. The first-order chi connectivity index (χ1) is 12.8. The number of aromatic nitrogens is 1. The number of hydrogen-bond acceptors (Lipinski definition) is 5. The van der Waals surface area contributed by atoms with Crippen LogP contribution < -0.4 is 14.4 Å². The third-order valence-corrected chi connectivity index (χ3v) is 3.99. The lowest BCUT2D eigenvalue weighted by Crippen LogP contribution is -2.31. The lowest BCUT2D eigenvalue weighted by atomic mass is 10.0. The fraction of sp³-hybridized carbons (Fsp3) is 0.222. The normalized spacial score (nSPS) is 16.9. The minimum absolute atomic E-state index is 0.0865. The fourth-order valence-corrected chi connectivity index (χ4v) is 2.72. The fourth-order valence-electron chi connectivity index (χ4n) is 2.72. The Bertz CT molecular complexity index is 896. The van der Waals surface area contributed by atoms with Crippen LogP contribution in [0.1, 0.15) is 17.2 Å². The third-order valence-electron chi connectivity index (χ3n) is 3.99. The predicted molar refractivity (Wildman–Crippen MR) is 91.7 cm³/mol. The first-order valence-electron chi connectivity index (χ1n) is 7.77. The van der Waals surface area contributed by atoms with Gasteiger partial charge in [0, 0.05) is 6.20 Å². The Morgan fingerprint density at radius 1 is 1.04 bits per heavy atom. The molecular weight excluding hydrogens is 366 g/mol. The number of nitrogens with zero attached hydrogens (tertiary/aromatic N) is 3. The molecule has 1 aliphatic heterocycles. The van der Waals surface area contributed by atoms with E-state index in [2.05, 4.69) is 9.98 Å². The Labute approximate surface area is 152 Å². The molecule has 0 fully saturated rings. The molecule has 5 nitrogen and oxygen atoms in total. The van der Waals surface area contributed by atoms with Crippen LogP contribution in [0, 0.1) is 0 Å². The summed E-state index contributed by atoms with van der Waals surface area (Å²) in [6.07, 6.45) is -1.29. The minimum atomic E-state index is -4.54. The quantitative estimate of drug-likeness (QED) is 0.731. The molecule has 2 heterocycles. The van der Waals surface area contributed by atoms with Gasteiger partial charge in [0.1, 0.15) is 17.7 Å². The summed E-state index contributed by atoms with van der Waals surface area (Å²) in [5.74, 6) is 0.0710. The summed E-state index contributed by atoms with van der Waals surface area (Å²) >= 11 is 0. The minimum Gasteiger partial charge on any atom is -0.493 e. The molecule has 0 N–H and O–H groups in total. The molecular formula is C18H15F4N3O2. The Morgan fingerprint density at radius 2 is 1.78 bits per heavy atom. The van der Waals surface area contributed by atoms with Crippen LogP contribution in [0.5, 0.6) is 11.5 Å². The summed E-state index contributed by atoms with van der Waals surface area (Å²) in [7, 11) is 2.90. The molecule has 2 aromatic rings. The zero-order valence-corrected chi connectivity index (χ0v) is 14.4. The number of aliphatic imine (C=N–C) groups is 1. The van der Waals surface area contributed by atoms with E-state index in [1.165, 1.54) is 25.5 Å². The van der Waals surface area contributed by atoms with Crippen molar-refractivity contribution in [2.24, 2.45) is 4.99 Å². The van der Waals surface area contributed by atoms with Gasteiger partial charge in [0.2, 0.25) is 0 Å². The Morgan fingerprint density at radius 3 is 2.44 bits per heavy atom. The maximum absolute atomic E-state index is 14.6. The largest absolute Gasteiger partial charge is 0.493 e. The van der Waals surface area contributed by atoms with Crippen molar-refractivity contribution in [1.29, 1.82) is 0 Å². The van der Waals surface area contributed by atoms with E-state index in [1.807, 2.05) is 0 Å². The van der Waals surface area contributed by atoms with Crippen molar-refractivity contribution in [3.63, 3.8) is 0 Å². The van der Waals surface area contributed by atoms with Crippen LogP contribution in [-0.4, -0.2) is 25.5 Å². The smallest absolute Gasteiger partial charge is 0.416 e. The molecule has 27 heavy (non-hydrogen) atoms. The zero-order valence-electron chi connectivity index (χ0n) is 14.4. The van der Waals surface area contributed by atoms with E-state index in [-0.39, 0.29) is 5.82 Å². The van der Waals surface area contributed by atoms with Crippen LogP contribution in [0.3, 0.4) is 0 Å². The number of methoxy groups -OCH3 is 2. The molecule has 0 saturated carbocycles. The molecule has 9 heteroatoms. The van der Waals surface area contributed by atoms with Gasteiger partial charge in [-0.3, -0.25) is 0 Å². The topological polar surface area (TPSA) is 47.0 Å². The molecule has 1 unspecified atom stereocenters. The van der Waals surface area contributed by atoms with Crippen molar-refractivity contribution in [3.8, 4) is 11.5 Å². The van der Waals surface area contributed by atoms with E-state index in [9.17, 15) is 17.6 Å². The molecule has 0 aliphatic carbocycles. The van der Waals surface area contributed by atoms with E-state index in [0.29, 0.717) is 17.1 Å². The van der Waals surface area contributed by atoms with Crippen molar-refractivity contribution in [2.45, 2.75) is 12.2 Å². The van der Waals surface area contributed by atoms with Gasteiger partial charge in [0.05, 0.1) is 32.3 Å². The molecule has 0 radical (unpaired) electrons. The van der Waals surface area contributed by atoms with E-state index in [0.717, 1.165) is 24.5 Å². The van der Waals surface area contributed by atoms with Gasteiger partial charge in [0.15, 0.2) is 11.5 Å². The van der Waals surface area contributed by atoms with Crippen molar-refractivity contribution in [2.75, 3.05) is 19.1 Å². The highest BCUT2D eigenvalue weighted by atomic mass is 19.4. The van der Waals surface area contributed by atoms with E-state index >= 15 is 0 Å². The first kappa shape index (κ1) is 18.7. The number of ether oxygens (including phenoxy) is 2. The lowest BCUT2D eigenvalue weighted by molar-refractivity contribution is -0.137. The van der Waals surface area contributed by atoms with Gasteiger partial charge in [-0.05, 0) is 29.8 Å². The van der Waals surface area contributed by atoms with Gasteiger partial charge >= 0.3 is 6.18 Å². The van der Waals surface area contributed by atoms with Crippen LogP contribution in [0.4, 0.5) is 23.4 Å². The number of pyridine rings is 1. The second kappa shape index (κ2) is 7.26. The summed E-state index contributed by atoms with van der Waals surface area (Å²) in [5, 5.41) is 0. The first-order valence-corrected chi connectivity index (χ1v) is 7.77. The van der Waals surface area contributed by atoms with Crippen LogP contribution in [-0.2, 0) is 6.18 Å². The number of alkyl halides is 3. The van der Waals surface area contributed by atoms with E-state index in [1.54, 1.807) is 18.2 Å². The molecule has 1 aliphatic rings. The van der Waals surface area contributed by atoms with E-state index < -0.39 is 23.6 Å². The predicted octanol–water partition coefficient (Wildman–Crippen LogP) is 4.52. The number of benzene rings is 1. The average molecular weight is 381 g/mol. The molecule has 1 aromatic carbocycles. The molecule has 0 bridgehead atoms. The number of anilines is 1. The zero-order chi connectivity index (χ0) is 19.6. The maximum Gasteiger partial charge on any atom is 0.416 e. The molecule has 0 amide bonds. The monoisotopic (exact) mass is 381 g/mol. The maximum atomic E-state index is 14.6. The van der Waals surface area contributed by atoms with Gasteiger partial charge in [-0.1, -0.05) is 6.07 Å². The summed E-state index contributed by atoms with van der Waals surface area (Å²) in [6, 6.07) is 5.39. The van der Waals surface area contributed by atoms with Crippen LogP contribution in [0.25, 0.3) is 0 Å². The summed E-state index contributed by atoms with van der Waals surface area (Å²) < 4.78 is 64.0. The van der Waals surface area contributed by atoms with Gasteiger partial charge in [-0.2, -0.15) is 13.2 Å². The van der Waals surface area contributed by atoms with Gasteiger partial charge in [-0.25, -0.2) is 14.4 Å². The molecule has 1 atom stereocenters. The standard InChI is InChI=1S/C18H15F4N3O2/c1-26-14-4-3-11(7-15(14)27-2)17-13(19)9-23-10-25(17)16-8-12(5-6-24-16)18(20,21)22/h3-10,17H,1-2H3. The number of hydrogen-bond donors (Lipinski definition) is 0. The molecule has 0 spiro atoms. The van der Waals surface area contributed by atoms with Crippen LogP contribution >= 0.6 is 0 Å². The van der Waals surface area contributed by atoms with Gasteiger partial charge < -0.3 is 14.4 Å². The number of rotatable bonds is 4. The Hall–Kier alpha value is -3.10. The van der Waals surface area contributed by atoms with Crippen molar-refractivity contribution in [3.05, 3.63) is 59.7 Å². The van der Waals surface area contributed by atoms with Crippen LogP contribution in [0.2, 0.25) is 0 Å². The second-order valence-electron chi connectivity index (χ2n) is 5.60. The van der Waals surface area contributed by atoms with Crippen molar-refractivity contribution in [1.82, 2.24) is 4.98 Å². The third kappa shape index (κ3) is 3.71. The molecule has 142 valence electrons. The molecule has 0 saturated heterocycles. The second-order valence-corrected chi connectivity index (χ2v) is 5.60. The van der Waals surface area contributed by atoms with Crippen molar-refractivity contribution < 1.29 is 27.0 Å². The summed E-state index contributed by atoms with van der Waals surface area (Å²) in [4.78, 5) is 8.92. The Kier molecular flexibility index (Phi) is 5.02. The lowest BCUT2D eigenvalue weighted by Gasteiger charge is -2.30. The number of halogens is 4. The van der Waals surface area contributed by atoms with Crippen LogP contribution in [0.15, 0.2) is 53.5 Å². The summed E-state index contributed by atoms with van der Waals surface area (Å²) in [5.41, 5.74) is -0.450. The average Bonchev–Trinajstić information content (AvgIpc) is 2.66. The summed E-state index contributed by atoms with van der Waals surface area (Å²) in [6.45, 7) is 0. The highest BCUT2D eigenvalue weighted by Crippen LogP contribution is 2.39. The van der Waals surface area contributed by atoms with Gasteiger partial charge in [-0.15, -0.1) is 0 Å². The van der Waals surface area contributed by atoms with Crippen molar-refractivity contribution >= 4 is 12.2 Å². The van der Waals surface area contributed by atoms with Gasteiger partial charge in [0.25, 0.3) is 0 Å².